The van der Waals surface area contributed by atoms with Crippen LogP contribution in [0.2, 0.25) is 0 Å². The summed E-state index contributed by atoms with van der Waals surface area (Å²) in [5.41, 5.74) is 1.32. The van der Waals surface area contributed by atoms with E-state index in [9.17, 15) is 14.4 Å². The number of anilines is 1. The molecule has 9 nitrogen and oxygen atoms in total. The molecule has 1 N–H and O–H groups in total. The molecule has 2 aromatic rings. The Hall–Kier alpha value is -3.59. The Bertz CT molecular complexity index is 1070. The molecule has 180 valence electrons. The summed E-state index contributed by atoms with van der Waals surface area (Å²) in [5.74, 6) is 0.225. The van der Waals surface area contributed by atoms with Crippen molar-refractivity contribution in [2.24, 2.45) is 0 Å². The van der Waals surface area contributed by atoms with E-state index >= 15 is 0 Å². The Morgan fingerprint density at radius 3 is 2.59 bits per heavy atom. The lowest BCUT2D eigenvalue weighted by molar-refractivity contribution is -0.151. The highest BCUT2D eigenvalue weighted by Crippen LogP contribution is 2.32. The maximum Gasteiger partial charge on any atom is 0.308 e. The summed E-state index contributed by atoms with van der Waals surface area (Å²) < 4.78 is 21.9. The third-order valence-corrected chi connectivity index (χ3v) is 6.24. The van der Waals surface area contributed by atoms with Crippen molar-refractivity contribution in [3.05, 3.63) is 53.6 Å². The number of rotatable bonds is 5. The van der Waals surface area contributed by atoms with Gasteiger partial charge in [0.1, 0.15) is 24.2 Å². The normalized spacial score (nSPS) is 21.8. The summed E-state index contributed by atoms with van der Waals surface area (Å²) in [5, 5.41) is 2.83. The van der Waals surface area contributed by atoms with Gasteiger partial charge >= 0.3 is 5.97 Å². The van der Waals surface area contributed by atoms with Gasteiger partial charge in [-0.2, -0.15) is 0 Å². The third-order valence-electron chi connectivity index (χ3n) is 6.24. The van der Waals surface area contributed by atoms with E-state index in [0.29, 0.717) is 41.2 Å². The van der Waals surface area contributed by atoms with Crippen molar-refractivity contribution in [1.82, 2.24) is 4.90 Å². The standard InChI is InChI=1S/C25H28N2O7/c1-27-20-10-9-18(13-23(28)32-3)34-22(20)14-33-21-11-6-16(12-19(21)25(27)30)26-24(29)15-4-7-17(31-2)8-5-15/h4-8,11-12,18,20,22H,9-10,13-14H2,1-3H3,(H,26,29)/t18-,20+,22-/m1/s1. The lowest BCUT2D eigenvalue weighted by Gasteiger charge is -2.42. The molecule has 2 heterocycles. The van der Waals surface area contributed by atoms with Crippen LogP contribution in [0.1, 0.15) is 40.0 Å². The van der Waals surface area contributed by atoms with E-state index in [1.807, 2.05) is 0 Å². The van der Waals surface area contributed by atoms with Gasteiger partial charge in [0, 0.05) is 18.3 Å². The third kappa shape index (κ3) is 4.99. The van der Waals surface area contributed by atoms with Gasteiger partial charge in [0.15, 0.2) is 0 Å². The molecule has 1 fully saturated rings. The van der Waals surface area contributed by atoms with Crippen LogP contribution < -0.4 is 14.8 Å². The number of benzene rings is 2. The molecular formula is C25H28N2O7. The SMILES string of the molecule is COC(=O)C[C@H]1CC[C@H]2[C@@H](COc3ccc(NC(=O)c4ccc(OC)cc4)cc3C(=O)N2C)O1. The number of amides is 2. The number of carbonyl (C=O) groups is 3. The first-order chi connectivity index (χ1) is 16.4. The molecule has 3 atom stereocenters. The highest BCUT2D eigenvalue weighted by atomic mass is 16.6. The Balaban J connectivity index is 1.50. The molecule has 0 aliphatic carbocycles. The smallest absolute Gasteiger partial charge is 0.308 e. The van der Waals surface area contributed by atoms with Gasteiger partial charge in [0.05, 0.1) is 38.3 Å². The van der Waals surface area contributed by atoms with Crippen LogP contribution in [-0.2, 0) is 14.3 Å². The average molecular weight is 469 g/mol. The first kappa shape index (κ1) is 23.6. The Morgan fingerprint density at radius 1 is 1.12 bits per heavy atom. The zero-order valence-corrected chi connectivity index (χ0v) is 19.4. The minimum atomic E-state index is -0.361. The first-order valence-corrected chi connectivity index (χ1v) is 11.1. The second kappa shape index (κ2) is 10.1. The predicted molar refractivity (Wildman–Crippen MR) is 123 cm³/mol. The molecule has 9 heteroatoms. The fourth-order valence-electron chi connectivity index (χ4n) is 4.32. The summed E-state index contributed by atoms with van der Waals surface area (Å²) in [4.78, 5) is 39.3. The average Bonchev–Trinajstić information content (AvgIpc) is 2.86. The van der Waals surface area contributed by atoms with Crippen LogP contribution in [0.3, 0.4) is 0 Å². The maximum atomic E-state index is 13.3. The van der Waals surface area contributed by atoms with Gasteiger partial charge in [-0.05, 0) is 55.3 Å². The lowest BCUT2D eigenvalue weighted by atomic mass is 9.94. The minimum Gasteiger partial charge on any atom is -0.497 e. The van der Waals surface area contributed by atoms with Gasteiger partial charge in [-0.15, -0.1) is 0 Å². The number of carbonyl (C=O) groups excluding carboxylic acids is 3. The summed E-state index contributed by atoms with van der Waals surface area (Å²) in [6, 6.07) is 11.5. The number of hydrogen-bond acceptors (Lipinski definition) is 7. The first-order valence-electron chi connectivity index (χ1n) is 11.1. The topological polar surface area (TPSA) is 103 Å². The molecule has 0 saturated carbocycles. The summed E-state index contributed by atoms with van der Waals surface area (Å²) in [7, 11) is 4.65. The highest BCUT2D eigenvalue weighted by molar-refractivity contribution is 6.05. The molecule has 1 saturated heterocycles. The zero-order valence-electron chi connectivity index (χ0n) is 19.4. The van der Waals surface area contributed by atoms with Crippen LogP contribution in [0.25, 0.3) is 0 Å². The molecule has 2 aliphatic rings. The number of likely N-dealkylation sites (N-methyl/N-ethyl adjacent to an activating group) is 1. The van der Waals surface area contributed by atoms with Gasteiger partial charge in [0.2, 0.25) is 0 Å². The summed E-state index contributed by atoms with van der Waals surface area (Å²) in [6.45, 7) is 0.241. The van der Waals surface area contributed by atoms with Crippen LogP contribution in [0.4, 0.5) is 5.69 Å². The monoisotopic (exact) mass is 468 g/mol. The Morgan fingerprint density at radius 2 is 1.88 bits per heavy atom. The Labute approximate surface area is 197 Å². The quantitative estimate of drug-likeness (QED) is 0.673. The van der Waals surface area contributed by atoms with Crippen LogP contribution in [0, 0.1) is 0 Å². The molecule has 0 unspecified atom stereocenters. The second-order valence-corrected chi connectivity index (χ2v) is 8.34. The molecule has 34 heavy (non-hydrogen) atoms. The van der Waals surface area contributed by atoms with E-state index in [-0.39, 0.29) is 49.1 Å². The van der Waals surface area contributed by atoms with E-state index in [1.54, 1.807) is 61.5 Å². The van der Waals surface area contributed by atoms with Gasteiger partial charge in [0.25, 0.3) is 11.8 Å². The molecule has 0 aromatic heterocycles. The molecular weight excluding hydrogens is 440 g/mol. The second-order valence-electron chi connectivity index (χ2n) is 8.34. The maximum absolute atomic E-state index is 13.3. The van der Waals surface area contributed by atoms with E-state index < -0.39 is 0 Å². The molecule has 0 spiro atoms. The van der Waals surface area contributed by atoms with Crippen LogP contribution in [0.15, 0.2) is 42.5 Å². The molecule has 2 aromatic carbocycles. The number of fused-ring (bicyclic) bond motifs is 2. The van der Waals surface area contributed by atoms with E-state index in [4.69, 9.17) is 18.9 Å². The Kier molecular flexibility index (Phi) is 7.02. The number of esters is 1. The number of hydrogen-bond donors (Lipinski definition) is 1. The fourth-order valence-corrected chi connectivity index (χ4v) is 4.32. The van der Waals surface area contributed by atoms with Gasteiger partial charge in [-0.25, -0.2) is 0 Å². The number of nitrogens with one attached hydrogen (secondary N) is 1. The van der Waals surface area contributed by atoms with Gasteiger partial charge < -0.3 is 29.2 Å². The van der Waals surface area contributed by atoms with Crippen molar-refractivity contribution in [2.75, 3.05) is 33.2 Å². The predicted octanol–water partition coefficient (Wildman–Crippen LogP) is 2.89. The van der Waals surface area contributed by atoms with Crippen molar-refractivity contribution in [2.45, 2.75) is 37.5 Å². The minimum absolute atomic E-state index is 0.172. The molecule has 2 amide bonds. The molecule has 4 rings (SSSR count). The summed E-state index contributed by atoms with van der Waals surface area (Å²) in [6.07, 6.45) is 0.862. The van der Waals surface area contributed by atoms with Crippen LogP contribution in [-0.4, -0.2) is 68.8 Å². The summed E-state index contributed by atoms with van der Waals surface area (Å²) >= 11 is 0. The number of nitrogens with zero attached hydrogens (tertiary/aromatic N) is 1. The molecule has 0 radical (unpaired) electrons. The molecule has 2 aliphatic heterocycles. The number of ether oxygens (including phenoxy) is 4. The number of methoxy groups -OCH3 is 2. The van der Waals surface area contributed by atoms with Crippen molar-refractivity contribution in [3.8, 4) is 11.5 Å². The molecule has 0 bridgehead atoms. The van der Waals surface area contributed by atoms with E-state index in [0.717, 1.165) is 0 Å². The zero-order chi connectivity index (χ0) is 24.2. The van der Waals surface area contributed by atoms with Crippen LogP contribution in [0.5, 0.6) is 11.5 Å². The van der Waals surface area contributed by atoms with Crippen LogP contribution >= 0.6 is 0 Å². The van der Waals surface area contributed by atoms with Crippen molar-refractivity contribution in [3.63, 3.8) is 0 Å². The lowest BCUT2D eigenvalue weighted by Crippen LogP contribution is -2.53. The fraction of sp³-hybridized carbons (Fsp3) is 0.400. The van der Waals surface area contributed by atoms with Crippen molar-refractivity contribution in [1.29, 1.82) is 0 Å². The van der Waals surface area contributed by atoms with Gasteiger partial charge in [-0.1, -0.05) is 0 Å². The largest absolute Gasteiger partial charge is 0.497 e. The van der Waals surface area contributed by atoms with Crippen molar-refractivity contribution < 1.29 is 33.3 Å². The van der Waals surface area contributed by atoms with E-state index in [1.165, 1.54) is 7.11 Å². The van der Waals surface area contributed by atoms with Crippen molar-refractivity contribution >= 4 is 23.5 Å². The van der Waals surface area contributed by atoms with Gasteiger partial charge in [-0.3, -0.25) is 14.4 Å². The highest BCUT2D eigenvalue weighted by Gasteiger charge is 2.39. The van der Waals surface area contributed by atoms with E-state index in [2.05, 4.69) is 5.32 Å².